The van der Waals surface area contributed by atoms with Gasteiger partial charge >= 0.3 is 11.9 Å². The Bertz CT molecular complexity index is 387. The Morgan fingerprint density at radius 1 is 0.950 bits per heavy atom. The number of aliphatic carboxylic acids is 2. The van der Waals surface area contributed by atoms with Crippen LogP contribution in [0.1, 0.15) is 41.0 Å². The van der Waals surface area contributed by atoms with E-state index in [1.54, 1.807) is 27.7 Å². The Kier molecular flexibility index (Phi) is 7.90. The van der Waals surface area contributed by atoms with Gasteiger partial charge < -0.3 is 15.3 Å². The maximum absolute atomic E-state index is 11.4. The molecule has 0 saturated heterocycles. The van der Waals surface area contributed by atoms with E-state index in [2.05, 4.69) is 0 Å². The van der Waals surface area contributed by atoms with E-state index in [1.807, 2.05) is 6.92 Å². The molecule has 0 fully saturated rings. The molecule has 0 aromatic rings. The predicted molar refractivity (Wildman–Crippen MR) is 79.7 cm³/mol. The van der Waals surface area contributed by atoms with Gasteiger partial charge in [0.2, 0.25) is 0 Å². The van der Waals surface area contributed by atoms with Gasteiger partial charge in [-0.25, -0.2) is 9.59 Å². The lowest BCUT2D eigenvalue weighted by molar-refractivity contribution is -0.136. The van der Waals surface area contributed by atoms with E-state index in [4.69, 9.17) is 0 Å². The smallest absolute Gasteiger partial charge is 0.332 e. The van der Waals surface area contributed by atoms with Crippen LogP contribution < -0.4 is 0 Å². The molecule has 3 unspecified atom stereocenters. The van der Waals surface area contributed by atoms with Crippen molar-refractivity contribution in [1.29, 1.82) is 0 Å². The number of rotatable bonds is 8. The molecule has 0 amide bonds. The van der Waals surface area contributed by atoms with Crippen LogP contribution in [-0.4, -0.2) is 37.9 Å². The molecule has 116 valence electrons. The lowest BCUT2D eigenvalue weighted by Crippen LogP contribution is -2.22. The number of hydrogen-bond acceptors (Lipinski definition) is 4. The quantitative estimate of drug-likeness (QED) is 0.471. The minimum absolute atomic E-state index is 0.0365. The maximum atomic E-state index is 11.4. The number of carbonyl (C=O) groups is 2. The molecule has 0 radical (unpaired) electrons. The molecule has 20 heavy (non-hydrogen) atoms. The SMILES string of the molecule is CC(O)SC(C)CC(C)/C(C(=O)O)=C(\C(=O)O)C(C)C. The Morgan fingerprint density at radius 2 is 1.40 bits per heavy atom. The van der Waals surface area contributed by atoms with Gasteiger partial charge in [0.15, 0.2) is 0 Å². The van der Waals surface area contributed by atoms with Gasteiger partial charge in [0, 0.05) is 5.25 Å². The van der Waals surface area contributed by atoms with E-state index >= 15 is 0 Å². The third kappa shape index (κ3) is 5.96. The van der Waals surface area contributed by atoms with Gasteiger partial charge in [-0.15, -0.1) is 11.8 Å². The number of hydrogen-bond donors (Lipinski definition) is 3. The van der Waals surface area contributed by atoms with E-state index < -0.39 is 17.4 Å². The summed E-state index contributed by atoms with van der Waals surface area (Å²) in [6.07, 6.45) is 0.501. The molecule has 6 heteroatoms. The largest absolute Gasteiger partial charge is 0.478 e. The lowest BCUT2D eigenvalue weighted by atomic mass is 9.87. The summed E-state index contributed by atoms with van der Waals surface area (Å²) in [5.41, 5.74) is -0.608. The van der Waals surface area contributed by atoms with E-state index in [0.717, 1.165) is 0 Å². The molecule has 0 heterocycles. The summed E-state index contributed by atoms with van der Waals surface area (Å²) in [7, 11) is 0. The van der Waals surface area contributed by atoms with Crippen molar-refractivity contribution >= 4 is 23.7 Å². The van der Waals surface area contributed by atoms with Gasteiger partial charge in [-0.3, -0.25) is 0 Å². The first-order chi connectivity index (χ1) is 9.07. The van der Waals surface area contributed by atoms with Crippen LogP contribution in [0.25, 0.3) is 0 Å². The molecule has 0 aliphatic heterocycles. The zero-order valence-corrected chi connectivity index (χ0v) is 13.4. The highest BCUT2D eigenvalue weighted by Gasteiger charge is 2.28. The van der Waals surface area contributed by atoms with Gasteiger partial charge in [-0.05, 0) is 25.2 Å². The highest BCUT2D eigenvalue weighted by molar-refractivity contribution is 8.00. The fourth-order valence-electron chi connectivity index (χ4n) is 2.27. The molecule has 5 nitrogen and oxygen atoms in total. The fourth-order valence-corrected chi connectivity index (χ4v) is 3.34. The Balaban J connectivity index is 5.33. The van der Waals surface area contributed by atoms with Crippen LogP contribution in [0.15, 0.2) is 11.1 Å². The molecule has 0 spiro atoms. The van der Waals surface area contributed by atoms with Crippen molar-refractivity contribution in [1.82, 2.24) is 0 Å². The first-order valence-corrected chi connectivity index (χ1v) is 7.56. The molecule has 0 aromatic heterocycles. The van der Waals surface area contributed by atoms with Gasteiger partial charge in [0.1, 0.15) is 0 Å². The lowest BCUT2D eigenvalue weighted by Gasteiger charge is -2.21. The number of thioether (sulfide) groups is 1. The second kappa shape index (κ2) is 8.32. The molecule has 3 atom stereocenters. The summed E-state index contributed by atoms with van der Waals surface area (Å²) < 4.78 is 0. The summed E-state index contributed by atoms with van der Waals surface area (Å²) >= 11 is 1.33. The Morgan fingerprint density at radius 3 is 1.70 bits per heavy atom. The molecule has 0 aliphatic carbocycles. The van der Waals surface area contributed by atoms with Crippen molar-refractivity contribution < 1.29 is 24.9 Å². The highest BCUT2D eigenvalue weighted by atomic mass is 32.2. The van der Waals surface area contributed by atoms with Crippen molar-refractivity contribution in [3.63, 3.8) is 0 Å². The van der Waals surface area contributed by atoms with E-state index in [9.17, 15) is 24.9 Å². The molecule has 0 saturated carbocycles. The van der Waals surface area contributed by atoms with Crippen LogP contribution in [0.2, 0.25) is 0 Å². The van der Waals surface area contributed by atoms with Crippen molar-refractivity contribution in [3.05, 3.63) is 11.1 Å². The van der Waals surface area contributed by atoms with Crippen LogP contribution in [0, 0.1) is 11.8 Å². The molecule has 0 aromatic carbocycles. The summed E-state index contributed by atoms with van der Waals surface area (Å²) in [5, 5.41) is 27.9. The van der Waals surface area contributed by atoms with Crippen LogP contribution in [0.3, 0.4) is 0 Å². The van der Waals surface area contributed by atoms with Gasteiger partial charge in [0.05, 0.1) is 16.6 Å². The molecule has 3 N–H and O–H groups in total. The standard InChI is InChI=1S/C14H24O5S/c1-7(2)11(13(16)17)12(14(18)19)8(3)6-9(4)20-10(5)15/h7-10,15H,6H2,1-5H3,(H,16,17)(H,18,19)/b12-11+. The zero-order valence-electron chi connectivity index (χ0n) is 12.6. The molecular weight excluding hydrogens is 280 g/mol. The van der Waals surface area contributed by atoms with Crippen LogP contribution in [-0.2, 0) is 9.59 Å². The number of carboxylic acid groups (broad SMARTS) is 2. The highest BCUT2D eigenvalue weighted by Crippen LogP contribution is 2.29. The number of aliphatic hydroxyl groups excluding tert-OH is 1. The summed E-state index contributed by atoms with van der Waals surface area (Å²) in [6.45, 7) is 8.60. The number of aliphatic hydroxyl groups is 1. The molecule has 0 bridgehead atoms. The van der Waals surface area contributed by atoms with Crippen LogP contribution in [0.5, 0.6) is 0 Å². The topological polar surface area (TPSA) is 94.8 Å². The minimum atomic E-state index is -1.18. The first-order valence-electron chi connectivity index (χ1n) is 6.62. The second-order valence-electron chi connectivity index (χ2n) is 5.28. The van der Waals surface area contributed by atoms with Gasteiger partial charge in [-0.1, -0.05) is 27.7 Å². The van der Waals surface area contributed by atoms with Gasteiger partial charge in [-0.2, -0.15) is 0 Å². The second-order valence-corrected chi connectivity index (χ2v) is 7.03. The van der Waals surface area contributed by atoms with Crippen molar-refractivity contribution in [3.8, 4) is 0 Å². The van der Waals surface area contributed by atoms with Crippen LogP contribution >= 0.6 is 11.8 Å². The molecule has 0 rings (SSSR count). The summed E-state index contributed by atoms with van der Waals surface area (Å²) in [4.78, 5) is 22.7. The monoisotopic (exact) mass is 304 g/mol. The third-order valence-corrected chi connectivity index (χ3v) is 3.99. The van der Waals surface area contributed by atoms with E-state index in [-0.39, 0.29) is 28.2 Å². The predicted octanol–water partition coefficient (Wildman–Crippen LogP) is 2.59. The average Bonchev–Trinajstić information content (AvgIpc) is 2.21. The Labute approximate surface area is 124 Å². The summed E-state index contributed by atoms with van der Waals surface area (Å²) in [6, 6.07) is 0. The van der Waals surface area contributed by atoms with Crippen LogP contribution in [0.4, 0.5) is 0 Å². The van der Waals surface area contributed by atoms with Crippen molar-refractivity contribution in [2.45, 2.75) is 51.7 Å². The Hall–Kier alpha value is -1.01. The number of carboxylic acids is 2. The first kappa shape index (κ1) is 19.0. The van der Waals surface area contributed by atoms with Crippen molar-refractivity contribution in [2.24, 2.45) is 11.8 Å². The van der Waals surface area contributed by atoms with E-state index in [1.165, 1.54) is 11.8 Å². The van der Waals surface area contributed by atoms with Gasteiger partial charge in [0.25, 0.3) is 0 Å². The van der Waals surface area contributed by atoms with E-state index in [0.29, 0.717) is 6.42 Å². The maximum Gasteiger partial charge on any atom is 0.332 e. The normalized spacial score (nSPS) is 17.4. The molecule has 0 aliphatic rings. The molecular formula is C14H24O5S. The summed E-state index contributed by atoms with van der Waals surface area (Å²) in [5.74, 6) is -3.11. The van der Waals surface area contributed by atoms with Crippen molar-refractivity contribution in [2.75, 3.05) is 0 Å². The minimum Gasteiger partial charge on any atom is -0.478 e. The third-order valence-electron chi connectivity index (χ3n) is 2.94. The fraction of sp³-hybridized carbons (Fsp3) is 0.714. The zero-order chi connectivity index (χ0) is 16.0. The average molecular weight is 304 g/mol.